The third-order valence-electron chi connectivity index (χ3n) is 2.43. The molecule has 20 heavy (non-hydrogen) atoms. The number of halogens is 3. The Morgan fingerprint density at radius 2 is 2.10 bits per heavy atom. The summed E-state index contributed by atoms with van der Waals surface area (Å²) in [5, 5.41) is 0. The largest absolute Gasteiger partial charge is 0.492 e. The van der Waals surface area contributed by atoms with Crippen molar-refractivity contribution in [3.05, 3.63) is 28.2 Å². The highest BCUT2D eigenvalue weighted by atomic mass is 79.9. The second-order valence-corrected chi connectivity index (χ2v) is 4.99. The quantitative estimate of drug-likeness (QED) is 0.497. The van der Waals surface area contributed by atoms with Crippen molar-refractivity contribution in [1.29, 1.82) is 0 Å². The summed E-state index contributed by atoms with van der Waals surface area (Å²) in [7, 11) is 0. The minimum absolute atomic E-state index is 0.00508. The molecule has 112 valence electrons. The third kappa shape index (κ3) is 5.96. The maximum atomic E-state index is 11.9. The Morgan fingerprint density at radius 3 is 2.70 bits per heavy atom. The van der Waals surface area contributed by atoms with Gasteiger partial charge in [0.05, 0.1) is 17.7 Å². The number of Topliss-reactive ketones (excluding diaryl/α,β-unsaturated/α-hetero) is 1. The Morgan fingerprint density at radius 1 is 1.35 bits per heavy atom. The zero-order valence-corrected chi connectivity index (χ0v) is 12.8. The zero-order chi connectivity index (χ0) is 15.0. The molecule has 6 heteroatoms. The van der Waals surface area contributed by atoms with Crippen LogP contribution in [0.15, 0.2) is 22.7 Å². The van der Waals surface area contributed by atoms with Crippen LogP contribution in [0, 0.1) is 0 Å². The van der Waals surface area contributed by atoms with Crippen LogP contribution in [-0.4, -0.2) is 32.0 Å². The molecule has 0 unspecified atom stereocenters. The standard InChI is InChI=1S/C14H17BrF2O3/c1-2-6-20-13-4-3-10(8-11(13)15)12(18)5-7-19-9-14(16)17/h3-4,8,14H,2,5-7,9H2,1H3. The van der Waals surface area contributed by atoms with Gasteiger partial charge in [0.25, 0.3) is 6.43 Å². The van der Waals surface area contributed by atoms with Gasteiger partial charge in [-0.3, -0.25) is 4.79 Å². The van der Waals surface area contributed by atoms with Crippen molar-refractivity contribution in [3.8, 4) is 5.75 Å². The molecule has 0 saturated carbocycles. The van der Waals surface area contributed by atoms with E-state index in [1.807, 2.05) is 6.92 Å². The smallest absolute Gasteiger partial charge is 0.261 e. The van der Waals surface area contributed by atoms with E-state index in [9.17, 15) is 13.6 Å². The maximum absolute atomic E-state index is 11.9. The zero-order valence-electron chi connectivity index (χ0n) is 11.2. The number of carbonyl (C=O) groups is 1. The first-order chi connectivity index (χ1) is 9.54. The number of benzene rings is 1. The van der Waals surface area contributed by atoms with E-state index >= 15 is 0 Å². The van der Waals surface area contributed by atoms with Crippen molar-refractivity contribution < 1.29 is 23.0 Å². The van der Waals surface area contributed by atoms with Gasteiger partial charge in [-0.1, -0.05) is 6.92 Å². The van der Waals surface area contributed by atoms with E-state index in [0.29, 0.717) is 22.4 Å². The van der Waals surface area contributed by atoms with Crippen molar-refractivity contribution in [1.82, 2.24) is 0 Å². The summed E-state index contributed by atoms with van der Waals surface area (Å²) in [5.74, 6) is 0.527. The van der Waals surface area contributed by atoms with E-state index < -0.39 is 13.0 Å². The number of carbonyl (C=O) groups excluding carboxylic acids is 1. The molecule has 0 radical (unpaired) electrons. The van der Waals surface area contributed by atoms with Gasteiger partial charge < -0.3 is 9.47 Å². The minimum Gasteiger partial charge on any atom is -0.492 e. The molecule has 0 atom stereocenters. The maximum Gasteiger partial charge on any atom is 0.261 e. The Labute approximate surface area is 125 Å². The minimum atomic E-state index is -2.51. The second kappa shape index (κ2) is 9.02. The molecule has 0 N–H and O–H groups in total. The van der Waals surface area contributed by atoms with E-state index in [4.69, 9.17) is 4.74 Å². The molecule has 0 aromatic heterocycles. The molecule has 0 aliphatic heterocycles. The van der Waals surface area contributed by atoms with E-state index in [-0.39, 0.29) is 18.8 Å². The molecule has 1 rings (SSSR count). The number of hydrogen-bond acceptors (Lipinski definition) is 3. The topological polar surface area (TPSA) is 35.5 Å². The van der Waals surface area contributed by atoms with Crippen molar-refractivity contribution in [2.75, 3.05) is 19.8 Å². The van der Waals surface area contributed by atoms with E-state index in [1.165, 1.54) is 0 Å². The van der Waals surface area contributed by atoms with Crippen LogP contribution in [0.1, 0.15) is 30.1 Å². The Bertz CT molecular complexity index is 438. The SMILES string of the molecule is CCCOc1ccc(C(=O)CCOCC(F)F)cc1Br. The molecule has 1 aromatic rings. The van der Waals surface area contributed by atoms with Crippen LogP contribution >= 0.6 is 15.9 Å². The highest BCUT2D eigenvalue weighted by molar-refractivity contribution is 9.10. The lowest BCUT2D eigenvalue weighted by molar-refractivity contribution is 0.0170. The molecule has 0 heterocycles. The number of alkyl halides is 2. The van der Waals surface area contributed by atoms with Crippen LogP contribution in [0.3, 0.4) is 0 Å². The van der Waals surface area contributed by atoms with Gasteiger partial charge in [0.15, 0.2) is 5.78 Å². The Balaban J connectivity index is 2.50. The molecule has 1 aromatic carbocycles. The fourth-order valence-electron chi connectivity index (χ4n) is 1.48. The highest BCUT2D eigenvalue weighted by Crippen LogP contribution is 2.26. The van der Waals surface area contributed by atoms with Crippen LogP contribution in [0.2, 0.25) is 0 Å². The molecule has 0 amide bonds. The average Bonchev–Trinajstić information content (AvgIpc) is 2.41. The summed E-state index contributed by atoms with van der Waals surface area (Å²) in [5.41, 5.74) is 0.501. The van der Waals surface area contributed by atoms with Crippen LogP contribution in [0.4, 0.5) is 8.78 Å². The van der Waals surface area contributed by atoms with Crippen LogP contribution in [0.5, 0.6) is 5.75 Å². The van der Waals surface area contributed by atoms with Crippen LogP contribution < -0.4 is 4.74 Å². The van der Waals surface area contributed by atoms with Crippen molar-refractivity contribution in [3.63, 3.8) is 0 Å². The van der Waals surface area contributed by atoms with Gasteiger partial charge in [-0.15, -0.1) is 0 Å². The summed E-state index contributed by atoms with van der Waals surface area (Å²) in [4.78, 5) is 11.8. The average molecular weight is 351 g/mol. The second-order valence-electron chi connectivity index (χ2n) is 4.13. The number of ether oxygens (including phenoxy) is 2. The molecule has 0 spiro atoms. The number of hydrogen-bond donors (Lipinski definition) is 0. The summed E-state index contributed by atoms with van der Waals surface area (Å²) in [6.07, 6.45) is -1.53. The first kappa shape index (κ1) is 17.0. The van der Waals surface area contributed by atoms with Gasteiger partial charge in [-0.05, 0) is 40.5 Å². The van der Waals surface area contributed by atoms with Gasteiger partial charge in [0.1, 0.15) is 12.4 Å². The number of rotatable bonds is 9. The molecule has 0 aliphatic rings. The summed E-state index contributed by atoms with van der Waals surface area (Å²) in [6.45, 7) is 1.97. The molecule has 0 bridgehead atoms. The van der Waals surface area contributed by atoms with Gasteiger partial charge >= 0.3 is 0 Å². The first-order valence-electron chi connectivity index (χ1n) is 6.36. The van der Waals surface area contributed by atoms with E-state index in [2.05, 4.69) is 20.7 Å². The van der Waals surface area contributed by atoms with Gasteiger partial charge in [-0.25, -0.2) is 8.78 Å². The molecule has 0 aliphatic carbocycles. The van der Waals surface area contributed by atoms with Crippen LogP contribution in [-0.2, 0) is 4.74 Å². The monoisotopic (exact) mass is 350 g/mol. The molecule has 0 saturated heterocycles. The van der Waals surface area contributed by atoms with Crippen LogP contribution in [0.25, 0.3) is 0 Å². The van der Waals surface area contributed by atoms with E-state index in [1.54, 1.807) is 18.2 Å². The first-order valence-corrected chi connectivity index (χ1v) is 7.15. The lowest BCUT2D eigenvalue weighted by atomic mass is 10.1. The van der Waals surface area contributed by atoms with Crippen molar-refractivity contribution in [2.24, 2.45) is 0 Å². The molecular weight excluding hydrogens is 334 g/mol. The Kier molecular flexibility index (Phi) is 7.69. The van der Waals surface area contributed by atoms with Crippen molar-refractivity contribution in [2.45, 2.75) is 26.2 Å². The van der Waals surface area contributed by atoms with E-state index in [0.717, 1.165) is 6.42 Å². The Hall–Kier alpha value is -1.01. The van der Waals surface area contributed by atoms with Gasteiger partial charge in [0, 0.05) is 12.0 Å². The molecular formula is C14H17BrF2O3. The molecule has 3 nitrogen and oxygen atoms in total. The normalized spacial score (nSPS) is 10.8. The summed E-state index contributed by atoms with van der Waals surface area (Å²) < 4.78 is 34.6. The lowest BCUT2D eigenvalue weighted by Crippen LogP contribution is -2.09. The third-order valence-corrected chi connectivity index (χ3v) is 3.05. The summed E-state index contributed by atoms with van der Waals surface area (Å²) >= 11 is 3.34. The summed E-state index contributed by atoms with van der Waals surface area (Å²) in [6, 6.07) is 5.04. The van der Waals surface area contributed by atoms with Crippen molar-refractivity contribution >= 4 is 21.7 Å². The van der Waals surface area contributed by atoms with Gasteiger partial charge in [-0.2, -0.15) is 0 Å². The number of ketones is 1. The highest BCUT2D eigenvalue weighted by Gasteiger charge is 2.10. The predicted molar refractivity (Wildman–Crippen MR) is 75.7 cm³/mol. The predicted octanol–water partition coefficient (Wildman–Crippen LogP) is 4.09. The van der Waals surface area contributed by atoms with Gasteiger partial charge in [0.2, 0.25) is 0 Å². The fourth-order valence-corrected chi connectivity index (χ4v) is 1.98. The lowest BCUT2D eigenvalue weighted by Gasteiger charge is -2.08. The molecule has 0 fully saturated rings. The fraction of sp³-hybridized carbons (Fsp3) is 0.500.